The first-order valence-electron chi connectivity index (χ1n) is 5.38. The van der Waals surface area contributed by atoms with Crippen LogP contribution in [0.15, 0.2) is 35.1 Å². The number of rotatable bonds is 4. The lowest BCUT2D eigenvalue weighted by Gasteiger charge is -2.10. The fraction of sp³-hybridized carbons (Fsp3) is 0. The first-order chi connectivity index (χ1) is 9.90. The monoisotopic (exact) mass is 356 g/mol. The summed E-state index contributed by atoms with van der Waals surface area (Å²) in [4.78, 5) is 24.9. The molecule has 1 heterocycles. The summed E-state index contributed by atoms with van der Waals surface area (Å²) in [6.07, 6.45) is 2.18. The van der Waals surface area contributed by atoms with Gasteiger partial charge in [0.15, 0.2) is 0 Å². The predicted octanol–water partition coefficient (Wildman–Crippen LogP) is 3.38. The molecule has 9 heteroatoms. The zero-order valence-electron chi connectivity index (χ0n) is 10.1. The molecule has 21 heavy (non-hydrogen) atoms. The molecule has 1 aromatic heterocycles. The van der Waals surface area contributed by atoms with Crippen molar-refractivity contribution < 1.29 is 24.0 Å². The molecule has 0 aliphatic carbocycles. The summed E-state index contributed by atoms with van der Waals surface area (Å²) >= 11 is 3.02. The van der Waals surface area contributed by atoms with Crippen molar-refractivity contribution in [1.82, 2.24) is 4.98 Å². The number of hydrogen-bond donors (Lipinski definition) is 1. The predicted molar refractivity (Wildman–Crippen MR) is 72.0 cm³/mol. The molecule has 0 aliphatic heterocycles. The van der Waals surface area contributed by atoms with Crippen LogP contribution in [0.3, 0.4) is 0 Å². The normalized spacial score (nSPS) is 10.2. The summed E-state index contributed by atoms with van der Waals surface area (Å²) in [6, 6.07) is 2.79. The molecular formula is C12H6BrFN2O5. The van der Waals surface area contributed by atoms with E-state index in [1.54, 1.807) is 0 Å². The molecule has 0 bridgehead atoms. The highest BCUT2D eigenvalue weighted by molar-refractivity contribution is 9.10. The van der Waals surface area contributed by atoms with Crippen LogP contribution in [0, 0.1) is 15.9 Å². The maximum absolute atomic E-state index is 13.2. The molecule has 0 amide bonds. The lowest BCUT2D eigenvalue weighted by atomic mass is 10.2. The van der Waals surface area contributed by atoms with Gasteiger partial charge in [-0.15, -0.1) is 0 Å². The van der Waals surface area contributed by atoms with Gasteiger partial charge in [0.05, 0.1) is 9.40 Å². The maximum atomic E-state index is 13.2. The Labute approximate surface area is 125 Å². The lowest BCUT2D eigenvalue weighted by Crippen LogP contribution is -2.02. The Kier molecular flexibility index (Phi) is 4.13. The van der Waals surface area contributed by atoms with E-state index in [0.717, 1.165) is 24.4 Å². The average Bonchev–Trinajstić information content (AvgIpc) is 2.40. The summed E-state index contributed by atoms with van der Waals surface area (Å²) in [6.45, 7) is 0. The van der Waals surface area contributed by atoms with Crippen LogP contribution >= 0.6 is 15.9 Å². The summed E-state index contributed by atoms with van der Waals surface area (Å²) < 4.78 is 18.6. The number of nitro groups is 1. The van der Waals surface area contributed by atoms with E-state index >= 15 is 0 Å². The van der Waals surface area contributed by atoms with Gasteiger partial charge in [-0.3, -0.25) is 15.1 Å². The molecule has 0 atom stereocenters. The van der Waals surface area contributed by atoms with Crippen LogP contribution in [0.4, 0.5) is 10.1 Å². The lowest BCUT2D eigenvalue weighted by molar-refractivity contribution is -0.386. The van der Waals surface area contributed by atoms with E-state index < -0.39 is 22.4 Å². The maximum Gasteiger partial charge on any atom is 0.339 e. The summed E-state index contributed by atoms with van der Waals surface area (Å²) in [5.41, 5.74) is -0.806. The molecule has 108 valence electrons. The molecule has 0 unspecified atom stereocenters. The van der Waals surface area contributed by atoms with Crippen LogP contribution in [0.1, 0.15) is 10.4 Å². The largest absolute Gasteiger partial charge is 0.478 e. The Bertz CT molecular complexity index is 738. The minimum absolute atomic E-state index is 0.136. The second-order valence-corrected chi connectivity index (χ2v) is 4.63. The van der Waals surface area contributed by atoms with Gasteiger partial charge in [0.1, 0.15) is 23.3 Å². The van der Waals surface area contributed by atoms with Gasteiger partial charge in [-0.05, 0) is 28.1 Å². The zero-order chi connectivity index (χ0) is 15.6. The first-order valence-corrected chi connectivity index (χ1v) is 6.18. The van der Waals surface area contributed by atoms with Gasteiger partial charge in [0, 0.05) is 12.3 Å². The molecule has 0 fully saturated rings. The molecule has 0 aliphatic rings. The summed E-state index contributed by atoms with van der Waals surface area (Å²) in [7, 11) is 0. The highest BCUT2D eigenvalue weighted by Gasteiger charge is 2.22. The molecule has 0 radical (unpaired) electrons. The van der Waals surface area contributed by atoms with E-state index in [1.807, 2.05) is 0 Å². The Balaban J connectivity index is 2.55. The summed E-state index contributed by atoms with van der Waals surface area (Å²) in [5, 5.41) is 19.9. The number of halogens is 2. The molecule has 7 nitrogen and oxygen atoms in total. The van der Waals surface area contributed by atoms with Crippen LogP contribution in [-0.4, -0.2) is 21.0 Å². The number of pyridine rings is 1. The van der Waals surface area contributed by atoms with Crippen molar-refractivity contribution in [3.05, 3.63) is 56.6 Å². The zero-order valence-corrected chi connectivity index (χ0v) is 11.7. The van der Waals surface area contributed by atoms with Gasteiger partial charge in [0.25, 0.3) is 0 Å². The molecule has 1 aromatic carbocycles. The molecule has 2 rings (SSSR count). The number of hydrogen-bond acceptors (Lipinski definition) is 5. The van der Waals surface area contributed by atoms with Crippen molar-refractivity contribution in [2.24, 2.45) is 0 Å². The number of carboxylic acid groups (broad SMARTS) is 1. The Morgan fingerprint density at radius 3 is 2.76 bits per heavy atom. The van der Waals surface area contributed by atoms with Gasteiger partial charge in [-0.1, -0.05) is 0 Å². The minimum Gasteiger partial charge on any atom is -0.478 e. The fourth-order valence-electron chi connectivity index (χ4n) is 1.51. The third-order valence-electron chi connectivity index (χ3n) is 2.42. The third kappa shape index (κ3) is 3.14. The molecular weight excluding hydrogens is 351 g/mol. The van der Waals surface area contributed by atoms with Crippen molar-refractivity contribution in [1.29, 1.82) is 0 Å². The van der Waals surface area contributed by atoms with Crippen molar-refractivity contribution in [2.45, 2.75) is 0 Å². The highest BCUT2D eigenvalue weighted by atomic mass is 79.9. The minimum atomic E-state index is -1.35. The molecule has 0 saturated heterocycles. The second-order valence-electron chi connectivity index (χ2n) is 3.77. The highest BCUT2D eigenvalue weighted by Crippen LogP contribution is 2.38. The van der Waals surface area contributed by atoms with Crippen LogP contribution in [0.5, 0.6) is 11.5 Å². The van der Waals surface area contributed by atoms with E-state index in [9.17, 15) is 19.3 Å². The van der Waals surface area contributed by atoms with Crippen molar-refractivity contribution in [2.75, 3.05) is 0 Å². The Morgan fingerprint density at radius 2 is 2.14 bits per heavy atom. The first kappa shape index (κ1) is 14.9. The van der Waals surface area contributed by atoms with Gasteiger partial charge in [-0.25, -0.2) is 9.18 Å². The number of nitrogens with zero attached hydrogens (tertiary/aromatic N) is 2. The number of benzene rings is 1. The van der Waals surface area contributed by atoms with Crippen LogP contribution in [0.2, 0.25) is 0 Å². The van der Waals surface area contributed by atoms with Crippen LogP contribution in [-0.2, 0) is 0 Å². The van der Waals surface area contributed by atoms with E-state index in [1.165, 1.54) is 6.20 Å². The van der Waals surface area contributed by atoms with E-state index in [0.29, 0.717) is 0 Å². The van der Waals surface area contributed by atoms with Crippen molar-refractivity contribution in [3.8, 4) is 11.5 Å². The number of carbonyl (C=O) groups is 1. The van der Waals surface area contributed by atoms with Gasteiger partial charge in [0.2, 0.25) is 5.75 Å². The standard InChI is InChI=1S/C12H6BrFN2O5/c13-8-4-15-5-9(16(19)20)11(8)21-10-3-6(14)1-2-7(10)12(17)18/h1-5H,(H,17,18). The van der Waals surface area contributed by atoms with Crippen LogP contribution in [0.25, 0.3) is 0 Å². The van der Waals surface area contributed by atoms with Gasteiger partial charge in [-0.2, -0.15) is 0 Å². The molecule has 0 spiro atoms. The van der Waals surface area contributed by atoms with E-state index in [2.05, 4.69) is 20.9 Å². The average molecular weight is 357 g/mol. The quantitative estimate of drug-likeness (QED) is 0.665. The summed E-state index contributed by atoms with van der Waals surface area (Å²) in [5.74, 6) is -2.69. The van der Waals surface area contributed by atoms with Crippen molar-refractivity contribution in [3.63, 3.8) is 0 Å². The molecule has 0 saturated carbocycles. The van der Waals surface area contributed by atoms with Gasteiger partial charge >= 0.3 is 11.7 Å². The number of aromatic carboxylic acids is 1. The number of aromatic nitrogens is 1. The molecule has 1 N–H and O–H groups in total. The number of carboxylic acids is 1. The Morgan fingerprint density at radius 1 is 1.43 bits per heavy atom. The van der Waals surface area contributed by atoms with E-state index in [-0.39, 0.29) is 21.5 Å². The fourth-order valence-corrected chi connectivity index (χ4v) is 1.91. The third-order valence-corrected chi connectivity index (χ3v) is 2.98. The SMILES string of the molecule is O=C(O)c1ccc(F)cc1Oc1c(Br)cncc1[N+](=O)[O-]. The smallest absolute Gasteiger partial charge is 0.339 e. The topological polar surface area (TPSA) is 103 Å². The molecule has 2 aromatic rings. The Hall–Kier alpha value is -2.55. The van der Waals surface area contributed by atoms with Gasteiger partial charge < -0.3 is 9.84 Å². The van der Waals surface area contributed by atoms with Crippen LogP contribution < -0.4 is 4.74 Å². The van der Waals surface area contributed by atoms with E-state index in [4.69, 9.17) is 9.84 Å². The van der Waals surface area contributed by atoms with Crippen molar-refractivity contribution >= 4 is 27.6 Å². The number of ether oxygens (including phenoxy) is 1. The second kappa shape index (κ2) is 5.83.